The van der Waals surface area contributed by atoms with Gasteiger partial charge in [-0.2, -0.15) is 0 Å². The highest BCUT2D eigenvalue weighted by Gasteiger charge is 2.12. The van der Waals surface area contributed by atoms with Crippen LogP contribution in [0.25, 0.3) is 0 Å². The molecule has 0 aliphatic rings. The smallest absolute Gasteiger partial charge is 0.274 e. The molecule has 0 fully saturated rings. The highest BCUT2D eigenvalue weighted by molar-refractivity contribution is 5.45. The number of pyridine rings is 1. The fraction of sp³-hybridized carbons (Fsp3) is 0.214. The summed E-state index contributed by atoms with van der Waals surface area (Å²) in [7, 11) is 0. The fourth-order valence-corrected chi connectivity index (χ4v) is 1.88. The van der Waals surface area contributed by atoms with Gasteiger partial charge in [-0.3, -0.25) is 10.1 Å². The van der Waals surface area contributed by atoms with Gasteiger partial charge in [-0.15, -0.1) is 0 Å². The molecule has 0 aliphatic carbocycles. The van der Waals surface area contributed by atoms with E-state index < -0.39 is 4.92 Å². The van der Waals surface area contributed by atoms with E-state index in [1.165, 1.54) is 18.3 Å². The number of anilines is 1. The monoisotopic (exact) mass is 273 g/mol. The van der Waals surface area contributed by atoms with Crippen molar-refractivity contribution in [2.24, 2.45) is 0 Å². The highest BCUT2D eigenvalue weighted by Crippen LogP contribution is 2.16. The van der Waals surface area contributed by atoms with Crippen molar-refractivity contribution in [1.82, 2.24) is 4.98 Å². The third-order valence-electron chi connectivity index (χ3n) is 2.85. The fourth-order valence-electron chi connectivity index (χ4n) is 1.88. The number of benzene rings is 1. The van der Waals surface area contributed by atoms with Gasteiger partial charge in [-0.05, 0) is 12.0 Å². The van der Waals surface area contributed by atoms with Crippen molar-refractivity contribution >= 4 is 11.5 Å². The zero-order chi connectivity index (χ0) is 14.4. The van der Waals surface area contributed by atoms with Crippen LogP contribution >= 0.6 is 0 Å². The number of nitrogens with zero attached hydrogens (tertiary/aromatic N) is 2. The molecular formula is C14H15N3O3. The van der Waals surface area contributed by atoms with Gasteiger partial charge >= 0.3 is 0 Å². The van der Waals surface area contributed by atoms with E-state index in [0.717, 1.165) is 5.56 Å². The van der Waals surface area contributed by atoms with Crippen LogP contribution < -0.4 is 5.32 Å². The highest BCUT2D eigenvalue weighted by atomic mass is 16.6. The number of nitro groups is 1. The molecule has 20 heavy (non-hydrogen) atoms. The maximum absolute atomic E-state index is 10.7. The average molecular weight is 273 g/mol. The van der Waals surface area contributed by atoms with Crippen LogP contribution in [0.3, 0.4) is 0 Å². The summed E-state index contributed by atoms with van der Waals surface area (Å²) in [5, 5.41) is 23.1. The van der Waals surface area contributed by atoms with Crippen molar-refractivity contribution in [3.63, 3.8) is 0 Å². The van der Waals surface area contributed by atoms with Crippen LogP contribution in [0.1, 0.15) is 5.56 Å². The van der Waals surface area contributed by atoms with Crippen LogP contribution in [0.15, 0.2) is 48.7 Å². The lowest BCUT2D eigenvalue weighted by Crippen LogP contribution is -2.26. The van der Waals surface area contributed by atoms with Gasteiger partial charge in [0.1, 0.15) is 5.82 Å². The first-order valence-corrected chi connectivity index (χ1v) is 6.21. The Morgan fingerprint density at radius 1 is 1.30 bits per heavy atom. The quantitative estimate of drug-likeness (QED) is 0.621. The summed E-state index contributed by atoms with van der Waals surface area (Å²) in [5.74, 6) is 0.384. The van der Waals surface area contributed by atoms with Crippen molar-refractivity contribution < 1.29 is 10.0 Å². The second kappa shape index (κ2) is 6.63. The summed E-state index contributed by atoms with van der Waals surface area (Å²) in [6.45, 7) is -0.0841. The molecule has 0 saturated carbocycles. The predicted octanol–water partition coefficient (Wildman–Crippen LogP) is 2.01. The minimum atomic E-state index is -0.474. The molecule has 2 aromatic rings. The summed E-state index contributed by atoms with van der Waals surface area (Å²) in [5.41, 5.74) is 1.04. The average Bonchev–Trinajstić information content (AvgIpc) is 2.48. The van der Waals surface area contributed by atoms with Crippen molar-refractivity contribution in [3.05, 3.63) is 64.3 Å². The first-order chi connectivity index (χ1) is 9.69. The molecule has 1 aromatic heterocycles. The third-order valence-corrected chi connectivity index (χ3v) is 2.85. The number of hydrogen-bond acceptors (Lipinski definition) is 5. The maximum atomic E-state index is 10.7. The molecule has 1 atom stereocenters. The van der Waals surface area contributed by atoms with Crippen LogP contribution in [0, 0.1) is 10.1 Å². The largest absolute Gasteiger partial charge is 0.394 e. The minimum absolute atomic E-state index is 0.0288. The standard InChI is InChI=1S/C14H15N3O3/c18-10-12(8-11-4-2-1-3-5-11)16-14-9-13(17(19)20)6-7-15-14/h1-7,9,12,18H,8,10H2,(H,15,16). The molecule has 0 amide bonds. The molecule has 1 heterocycles. The topological polar surface area (TPSA) is 88.3 Å². The van der Waals surface area contributed by atoms with E-state index in [1.54, 1.807) is 0 Å². The van der Waals surface area contributed by atoms with Gasteiger partial charge in [0.25, 0.3) is 5.69 Å². The molecule has 1 aromatic carbocycles. The van der Waals surface area contributed by atoms with E-state index in [1.807, 2.05) is 30.3 Å². The molecule has 6 heteroatoms. The number of nitrogens with one attached hydrogen (secondary N) is 1. The number of aliphatic hydroxyl groups is 1. The van der Waals surface area contributed by atoms with Gasteiger partial charge in [-0.1, -0.05) is 30.3 Å². The predicted molar refractivity (Wildman–Crippen MR) is 75.5 cm³/mol. The Labute approximate surface area is 116 Å². The van der Waals surface area contributed by atoms with Crippen molar-refractivity contribution in [2.75, 3.05) is 11.9 Å². The molecule has 2 N–H and O–H groups in total. The van der Waals surface area contributed by atoms with Crippen molar-refractivity contribution in [1.29, 1.82) is 0 Å². The maximum Gasteiger partial charge on any atom is 0.274 e. The Hall–Kier alpha value is -2.47. The molecular weight excluding hydrogens is 258 g/mol. The lowest BCUT2D eigenvalue weighted by molar-refractivity contribution is -0.384. The Morgan fingerprint density at radius 3 is 2.70 bits per heavy atom. The van der Waals surface area contributed by atoms with E-state index in [0.29, 0.717) is 12.2 Å². The molecule has 0 spiro atoms. The summed E-state index contributed by atoms with van der Waals surface area (Å²) in [6.07, 6.45) is 1.99. The number of aromatic nitrogens is 1. The van der Waals surface area contributed by atoms with E-state index >= 15 is 0 Å². The molecule has 2 rings (SSSR count). The second-order valence-electron chi connectivity index (χ2n) is 4.37. The summed E-state index contributed by atoms with van der Waals surface area (Å²) >= 11 is 0. The third kappa shape index (κ3) is 3.76. The zero-order valence-electron chi connectivity index (χ0n) is 10.8. The lowest BCUT2D eigenvalue weighted by Gasteiger charge is -2.16. The summed E-state index contributed by atoms with van der Waals surface area (Å²) in [6, 6.07) is 12.1. The van der Waals surface area contributed by atoms with Crippen LogP contribution in [0.5, 0.6) is 0 Å². The van der Waals surface area contributed by atoms with Crippen LogP contribution in [-0.2, 0) is 6.42 Å². The first-order valence-electron chi connectivity index (χ1n) is 6.21. The van der Waals surface area contributed by atoms with Gasteiger partial charge in [0, 0.05) is 12.3 Å². The first kappa shape index (κ1) is 14.0. The Morgan fingerprint density at radius 2 is 2.05 bits per heavy atom. The van der Waals surface area contributed by atoms with Crippen molar-refractivity contribution in [3.8, 4) is 0 Å². The molecule has 104 valence electrons. The van der Waals surface area contributed by atoms with Gasteiger partial charge in [0.05, 0.1) is 23.6 Å². The van der Waals surface area contributed by atoms with E-state index in [2.05, 4.69) is 10.3 Å². The van der Waals surface area contributed by atoms with Crippen LogP contribution in [0.2, 0.25) is 0 Å². The summed E-state index contributed by atoms with van der Waals surface area (Å²) in [4.78, 5) is 14.3. The van der Waals surface area contributed by atoms with E-state index in [4.69, 9.17) is 0 Å². The normalized spacial score (nSPS) is 11.8. The molecule has 6 nitrogen and oxygen atoms in total. The minimum Gasteiger partial charge on any atom is -0.394 e. The van der Waals surface area contributed by atoms with Gasteiger partial charge in [-0.25, -0.2) is 4.98 Å². The van der Waals surface area contributed by atoms with Crippen LogP contribution in [-0.4, -0.2) is 27.7 Å². The molecule has 1 unspecified atom stereocenters. The molecule has 0 radical (unpaired) electrons. The number of rotatable bonds is 6. The molecule has 0 saturated heterocycles. The molecule has 0 bridgehead atoms. The van der Waals surface area contributed by atoms with Crippen molar-refractivity contribution in [2.45, 2.75) is 12.5 Å². The van der Waals surface area contributed by atoms with Gasteiger partial charge in [0.15, 0.2) is 0 Å². The van der Waals surface area contributed by atoms with E-state index in [-0.39, 0.29) is 18.3 Å². The van der Waals surface area contributed by atoms with Crippen LogP contribution in [0.4, 0.5) is 11.5 Å². The van der Waals surface area contributed by atoms with Gasteiger partial charge < -0.3 is 10.4 Å². The number of hydrogen-bond donors (Lipinski definition) is 2. The second-order valence-corrected chi connectivity index (χ2v) is 4.37. The SMILES string of the molecule is O=[N+]([O-])c1ccnc(NC(CO)Cc2ccccc2)c1. The Balaban J connectivity index is 2.06. The van der Waals surface area contributed by atoms with Gasteiger partial charge in [0.2, 0.25) is 0 Å². The Bertz CT molecular complexity index is 575. The molecule has 0 aliphatic heterocycles. The number of aliphatic hydroxyl groups excluding tert-OH is 1. The summed E-state index contributed by atoms with van der Waals surface area (Å²) < 4.78 is 0. The van der Waals surface area contributed by atoms with E-state index in [9.17, 15) is 15.2 Å². The zero-order valence-corrected chi connectivity index (χ0v) is 10.8. The Kier molecular flexibility index (Phi) is 4.62. The lowest BCUT2D eigenvalue weighted by atomic mass is 10.1.